The van der Waals surface area contributed by atoms with Crippen LogP contribution in [0.4, 0.5) is 0 Å². The highest BCUT2D eigenvalue weighted by atomic mass is 16.5. The highest BCUT2D eigenvalue weighted by molar-refractivity contribution is 5.57. The zero-order chi connectivity index (χ0) is 19.6. The van der Waals surface area contributed by atoms with E-state index in [9.17, 15) is 4.79 Å². The molecule has 6 nitrogen and oxygen atoms in total. The maximum absolute atomic E-state index is 12.2. The van der Waals surface area contributed by atoms with Crippen LogP contribution in [0, 0.1) is 5.92 Å². The van der Waals surface area contributed by atoms with E-state index in [1.807, 2.05) is 12.1 Å². The number of likely N-dealkylation sites (tertiary alicyclic amines) is 1. The molecular weight excluding hydrogens is 364 g/mol. The molecule has 0 unspecified atom stereocenters. The van der Waals surface area contributed by atoms with E-state index >= 15 is 0 Å². The predicted octanol–water partition coefficient (Wildman–Crippen LogP) is 2.41. The summed E-state index contributed by atoms with van der Waals surface area (Å²) in [5.41, 5.74) is 4.46. The summed E-state index contributed by atoms with van der Waals surface area (Å²) in [6.07, 6.45) is 5.56. The number of hydrogen-bond acceptors (Lipinski definition) is 5. The summed E-state index contributed by atoms with van der Waals surface area (Å²) in [5.74, 6) is 1.52. The maximum Gasteiger partial charge on any atom is 0.266 e. The molecule has 29 heavy (non-hydrogen) atoms. The van der Waals surface area contributed by atoms with Gasteiger partial charge >= 0.3 is 0 Å². The molecule has 1 fully saturated rings. The largest absolute Gasteiger partial charge is 0.493 e. The van der Waals surface area contributed by atoms with Crippen LogP contribution >= 0.6 is 0 Å². The molecule has 0 bridgehead atoms. The Kier molecular flexibility index (Phi) is 4.86. The van der Waals surface area contributed by atoms with Gasteiger partial charge in [0.1, 0.15) is 5.75 Å². The molecule has 148 valence electrons. The minimum Gasteiger partial charge on any atom is -0.493 e. The summed E-state index contributed by atoms with van der Waals surface area (Å²) in [4.78, 5) is 18.7. The average molecular weight is 388 g/mol. The molecule has 1 aromatic carbocycles. The van der Waals surface area contributed by atoms with Gasteiger partial charge in [-0.25, -0.2) is 4.68 Å². The summed E-state index contributed by atoms with van der Waals surface area (Å²) < 4.78 is 7.19. The van der Waals surface area contributed by atoms with Crippen LogP contribution in [0.1, 0.15) is 11.1 Å². The number of rotatable bonds is 6. The second-order valence-corrected chi connectivity index (χ2v) is 7.89. The zero-order valence-corrected chi connectivity index (χ0v) is 16.3. The lowest BCUT2D eigenvalue weighted by molar-refractivity contribution is 0.0857. The Balaban J connectivity index is 1.15. The molecule has 0 aliphatic carbocycles. The SMILES string of the molecule is O=c1ccc(-c2ccncc2)nn1CC1CN(CCc2ccc3c(c2)CCO3)C1. The normalized spacial score (nSPS) is 16.3. The minimum atomic E-state index is -0.0402. The van der Waals surface area contributed by atoms with Crippen molar-refractivity contribution in [3.05, 3.63) is 76.3 Å². The second kappa shape index (κ2) is 7.79. The fourth-order valence-electron chi connectivity index (χ4n) is 4.16. The van der Waals surface area contributed by atoms with Gasteiger partial charge in [0.25, 0.3) is 5.56 Å². The van der Waals surface area contributed by atoms with Gasteiger partial charge in [-0.2, -0.15) is 5.10 Å². The Bertz CT molecular complexity index is 1060. The number of fused-ring (bicyclic) bond motifs is 1. The first-order valence-corrected chi connectivity index (χ1v) is 10.2. The molecule has 0 amide bonds. The Hall–Kier alpha value is -2.99. The Labute approximate surface area is 169 Å². The predicted molar refractivity (Wildman–Crippen MR) is 111 cm³/mol. The van der Waals surface area contributed by atoms with Crippen LogP contribution in [-0.4, -0.2) is 45.9 Å². The molecule has 0 spiro atoms. The molecule has 2 aliphatic heterocycles. The molecule has 6 heteroatoms. The van der Waals surface area contributed by atoms with Crippen LogP contribution in [0.3, 0.4) is 0 Å². The Morgan fingerprint density at radius 1 is 1.07 bits per heavy atom. The standard InChI is InChI=1S/C23H24N4O2/c28-23-4-2-21(19-5-9-24-10-6-19)25-27(23)16-18-14-26(15-18)11-7-17-1-3-22-20(13-17)8-12-29-22/h1-6,9-10,13,18H,7-8,11-12,14-16H2. The quantitative estimate of drug-likeness (QED) is 0.649. The van der Waals surface area contributed by atoms with Gasteiger partial charge in [0.15, 0.2) is 0 Å². The van der Waals surface area contributed by atoms with E-state index < -0.39 is 0 Å². The summed E-state index contributed by atoms with van der Waals surface area (Å²) in [5, 5.41) is 4.56. The van der Waals surface area contributed by atoms with Gasteiger partial charge in [0, 0.05) is 56.0 Å². The highest BCUT2D eigenvalue weighted by Crippen LogP contribution is 2.26. The van der Waals surface area contributed by atoms with Crippen LogP contribution in [0.25, 0.3) is 11.3 Å². The molecular formula is C23H24N4O2. The van der Waals surface area contributed by atoms with Crippen LogP contribution in [0.2, 0.25) is 0 Å². The Morgan fingerprint density at radius 3 is 2.79 bits per heavy atom. The van der Waals surface area contributed by atoms with Crippen molar-refractivity contribution in [2.75, 3.05) is 26.2 Å². The van der Waals surface area contributed by atoms with E-state index in [2.05, 4.69) is 33.2 Å². The number of benzene rings is 1. The molecule has 0 radical (unpaired) electrons. The third-order valence-electron chi connectivity index (χ3n) is 5.78. The monoisotopic (exact) mass is 388 g/mol. The van der Waals surface area contributed by atoms with Gasteiger partial charge in [0.2, 0.25) is 0 Å². The molecule has 1 saturated heterocycles. The first-order chi connectivity index (χ1) is 14.2. The summed E-state index contributed by atoms with van der Waals surface area (Å²) >= 11 is 0. The van der Waals surface area contributed by atoms with Crippen LogP contribution in [-0.2, 0) is 19.4 Å². The number of nitrogens with zero attached hydrogens (tertiary/aromatic N) is 4. The molecule has 0 saturated carbocycles. The lowest BCUT2D eigenvalue weighted by Crippen LogP contribution is -2.50. The van der Waals surface area contributed by atoms with E-state index in [0.29, 0.717) is 12.5 Å². The third kappa shape index (κ3) is 3.93. The third-order valence-corrected chi connectivity index (χ3v) is 5.78. The van der Waals surface area contributed by atoms with Gasteiger partial charge < -0.3 is 9.64 Å². The van der Waals surface area contributed by atoms with Crippen molar-refractivity contribution in [2.45, 2.75) is 19.4 Å². The van der Waals surface area contributed by atoms with Gasteiger partial charge in [0.05, 0.1) is 18.8 Å². The van der Waals surface area contributed by atoms with Gasteiger partial charge in [-0.1, -0.05) is 12.1 Å². The van der Waals surface area contributed by atoms with E-state index in [-0.39, 0.29) is 5.56 Å². The van der Waals surface area contributed by atoms with Crippen molar-refractivity contribution < 1.29 is 4.74 Å². The average Bonchev–Trinajstić information content (AvgIpc) is 3.19. The highest BCUT2D eigenvalue weighted by Gasteiger charge is 2.27. The second-order valence-electron chi connectivity index (χ2n) is 7.89. The molecule has 5 rings (SSSR count). The fraction of sp³-hybridized carbons (Fsp3) is 0.348. The van der Waals surface area contributed by atoms with E-state index in [4.69, 9.17) is 4.74 Å². The number of hydrogen-bond donors (Lipinski definition) is 0. The first kappa shape index (κ1) is 18.1. The van der Waals surface area contributed by atoms with Crippen molar-refractivity contribution in [2.24, 2.45) is 5.92 Å². The van der Waals surface area contributed by atoms with E-state index in [0.717, 1.165) is 56.1 Å². The summed E-state index contributed by atoms with van der Waals surface area (Å²) in [7, 11) is 0. The lowest BCUT2D eigenvalue weighted by Gasteiger charge is -2.39. The molecule has 2 aromatic heterocycles. The summed E-state index contributed by atoms with van der Waals surface area (Å²) in [6, 6.07) is 13.8. The van der Waals surface area contributed by atoms with Gasteiger partial charge in [-0.05, 0) is 41.8 Å². The molecule has 3 aromatic rings. The van der Waals surface area contributed by atoms with E-state index in [1.54, 1.807) is 29.2 Å². The topological polar surface area (TPSA) is 60.2 Å². The lowest BCUT2D eigenvalue weighted by atomic mass is 9.98. The minimum absolute atomic E-state index is 0.0402. The number of ether oxygens (including phenoxy) is 1. The molecule has 4 heterocycles. The fourth-order valence-corrected chi connectivity index (χ4v) is 4.16. The van der Waals surface area contributed by atoms with Crippen molar-refractivity contribution in [3.8, 4) is 17.0 Å². The van der Waals surface area contributed by atoms with Gasteiger partial charge in [-0.3, -0.25) is 9.78 Å². The van der Waals surface area contributed by atoms with Crippen molar-refractivity contribution in [3.63, 3.8) is 0 Å². The molecule has 2 aliphatic rings. The van der Waals surface area contributed by atoms with Gasteiger partial charge in [-0.15, -0.1) is 0 Å². The zero-order valence-electron chi connectivity index (χ0n) is 16.3. The molecule has 0 atom stereocenters. The van der Waals surface area contributed by atoms with Crippen molar-refractivity contribution in [1.29, 1.82) is 0 Å². The molecule has 0 N–H and O–H groups in total. The summed E-state index contributed by atoms with van der Waals surface area (Å²) in [6.45, 7) is 4.56. The Morgan fingerprint density at radius 2 is 1.93 bits per heavy atom. The van der Waals surface area contributed by atoms with Crippen LogP contribution in [0.15, 0.2) is 59.7 Å². The number of pyridine rings is 1. The first-order valence-electron chi connectivity index (χ1n) is 10.2. The van der Waals surface area contributed by atoms with Crippen LogP contribution in [0.5, 0.6) is 5.75 Å². The smallest absolute Gasteiger partial charge is 0.266 e. The van der Waals surface area contributed by atoms with E-state index in [1.165, 1.54) is 11.1 Å². The van der Waals surface area contributed by atoms with Crippen molar-refractivity contribution in [1.82, 2.24) is 19.7 Å². The maximum atomic E-state index is 12.2. The van der Waals surface area contributed by atoms with Crippen LogP contribution < -0.4 is 10.3 Å². The number of aromatic nitrogens is 3. The van der Waals surface area contributed by atoms with Crippen molar-refractivity contribution >= 4 is 0 Å².